The molecule has 0 saturated heterocycles. The van der Waals surface area contributed by atoms with Crippen LogP contribution >= 0.6 is 11.6 Å². The molecule has 2 aromatic heterocycles. The molecule has 5 nitrogen and oxygen atoms in total. The minimum atomic E-state index is -0.0138. The second kappa shape index (κ2) is 8.28. The normalized spacial score (nSPS) is 11.1. The number of nitrogens with zero attached hydrogens (tertiary/aromatic N) is 3. The summed E-state index contributed by atoms with van der Waals surface area (Å²) in [6.07, 6.45) is 0.989. The van der Waals surface area contributed by atoms with Crippen molar-refractivity contribution in [2.45, 2.75) is 33.6 Å². The number of benzene rings is 2. The molecule has 2 aromatic carbocycles. The van der Waals surface area contributed by atoms with Crippen molar-refractivity contribution in [2.75, 3.05) is 5.32 Å². The Morgan fingerprint density at radius 2 is 1.73 bits per heavy atom. The van der Waals surface area contributed by atoms with E-state index in [1.54, 1.807) is 0 Å². The first-order valence-corrected chi connectivity index (χ1v) is 10.3. The van der Waals surface area contributed by atoms with Crippen LogP contribution in [-0.2, 0) is 11.2 Å². The Morgan fingerprint density at radius 3 is 2.43 bits per heavy atom. The van der Waals surface area contributed by atoms with E-state index in [-0.39, 0.29) is 5.91 Å². The van der Waals surface area contributed by atoms with Crippen LogP contribution in [0.4, 0.5) is 5.69 Å². The van der Waals surface area contributed by atoms with Crippen LogP contribution in [0.25, 0.3) is 16.9 Å². The van der Waals surface area contributed by atoms with Gasteiger partial charge in [0.2, 0.25) is 5.91 Å². The van der Waals surface area contributed by atoms with Crippen LogP contribution in [0, 0.1) is 20.8 Å². The van der Waals surface area contributed by atoms with Crippen LogP contribution in [0.1, 0.15) is 28.9 Å². The molecule has 0 aliphatic carbocycles. The summed E-state index contributed by atoms with van der Waals surface area (Å²) in [7, 11) is 0. The quantitative estimate of drug-likeness (QED) is 0.462. The molecule has 0 radical (unpaired) electrons. The zero-order chi connectivity index (χ0) is 21.3. The second-order valence-electron chi connectivity index (χ2n) is 7.48. The van der Waals surface area contributed by atoms with Crippen LogP contribution in [0.2, 0.25) is 5.02 Å². The second-order valence-corrected chi connectivity index (χ2v) is 7.92. The van der Waals surface area contributed by atoms with Gasteiger partial charge in [0.1, 0.15) is 0 Å². The maximum Gasteiger partial charge on any atom is 0.224 e. The van der Waals surface area contributed by atoms with E-state index in [1.807, 2.05) is 79.9 Å². The Morgan fingerprint density at radius 1 is 1.03 bits per heavy atom. The highest BCUT2D eigenvalue weighted by Crippen LogP contribution is 2.24. The average molecular weight is 419 g/mol. The molecule has 152 valence electrons. The number of hydrogen-bond acceptors (Lipinski definition) is 3. The Balaban J connectivity index is 1.54. The molecule has 0 aliphatic heterocycles. The molecule has 4 aromatic rings. The summed E-state index contributed by atoms with van der Waals surface area (Å²) < 4.78 is 1.85. The Bertz CT molecular complexity index is 1210. The van der Waals surface area contributed by atoms with Crippen molar-refractivity contribution in [3.8, 4) is 11.3 Å². The zero-order valence-electron chi connectivity index (χ0n) is 17.2. The lowest BCUT2D eigenvalue weighted by Gasteiger charge is -2.11. The number of fused-ring (bicyclic) bond motifs is 1. The van der Waals surface area contributed by atoms with Crippen molar-refractivity contribution < 1.29 is 4.79 Å². The van der Waals surface area contributed by atoms with E-state index >= 15 is 0 Å². The highest BCUT2D eigenvalue weighted by atomic mass is 35.5. The lowest BCUT2D eigenvalue weighted by Crippen LogP contribution is -2.14. The van der Waals surface area contributed by atoms with Gasteiger partial charge in [0.25, 0.3) is 0 Å². The summed E-state index contributed by atoms with van der Waals surface area (Å²) in [5.74, 6) is -0.0138. The molecule has 30 heavy (non-hydrogen) atoms. The zero-order valence-corrected chi connectivity index (χ0v) is 18.0. The number of carbonyl (C=O) groups is 1. The number of anilines is 1. The highest BCUT2D eigenvalue weighted by Gasteiger charge is 2.14. The van der Waals surface area contributed by atoms with Crippen LogP contribution in [-0.4, -0.2) is 20.5 Å². The predicted molar refractivity (Wildman–Crippen MR) is 121 cm³/mol. The number of halogens is 1. The number of hydrogen-bond donors (Lipinski definition) is 1. The molecule has 1 N–H and O–H groups in total. The lowest BCUT2D eigenvalue weighted by molar-refractivity contribution is -0.116. The van der Waals surface area contributed by atoms with Gasteiger partial charge < -0.3 is 5.32 Å². The summed E-state index contributed by atoms with van der Waals surface area (Å²) >= 11 is 5.99. The first-order valence-electron chi connectivity index (χ1n) is 9.89. The minimum Gasteiger partial charge on any atom is -0.326 e. The molecule has 0 aliphatic rings. The van der Waals surface area contributed by atoms with Gasteiger partial charge in [0.15, 0.2) is 5.65 Å². The number of rotatable bonds is 5. The van der Waals surface area contributed by atoms with E-state index in [1.165, 1.54) is 0 Å². The number of aryl methyl sites for hydroxylation is 3. The molecule has 0 unspecified atom stereocenters. The molecule has 0 atom stereocenters. The van der Waals surface area contributed by atoms with Gasteiger partial charge in [-0.3, -0.25) is 4.79 Å². The van der Waals surface area contributed by atoms with E-state index in [0.29, 0.717) is 17.9 Å². The topological polar surface area (TPSA) is 59.3 Å². The molecular weight excluding hydrogens is 396 g/mol. The minimum absolute atomic E-state index is 0.0138. The van der Waals surface area contributed by atoms with Crippen molar-refractivity contribution in [3.63, 3.8) is 0 Å². The first-order chi connectivity index (χ1) is 14.4. The van der Waals surface area contributed by atoms with Gasteiger partial charge in [-0.05, 0) is 57.0 Å². The summed E-state index contributed by atoms with van der Waals surface area (Å²) in [5.41, 5.74) is 7.57. The van der Waals surface area contributed by atoms with Crippen molar-refractivity contribution in [1.82, 2.24) is 14.6 Å². The van der Waals surface area contributed by atoms with E-state index in [2.05, 4.69) is 5.32 Å². The molecule has 0 saturated carbocycles. The van der Waals surface area contributed by atoms with Crippen LogP contribution < -0.4 is 5.32 Å². The molecule has 0 fully saturated rings. The van der Waals surface area contributed by atoms with E-state index in [4.69, 9.17) is 21.7 Å². The fourth-order valence-electron chi connectivity index (χ4n) is 3.55. The van der Waals surface area contributed by atoms with E-state index in [9.17, 15) is 4.79 Å². The van der Waals surface area contributed by atoms with Gasteiger partial charge in [0.05, 0.1) is 5.69 Å². The molecule has 6 heteroatoms. The number of aromatic nitrogens is 3. The number of carbonyl (C=O) groups excluding carboxylic acids is 1. The number of nitrogens with one attached hydrogen (secondary N) is 1. The Labute approximate surface area is 180 Å². The van der Waals surface area contributed by atoms with Gasteiger partial charge in [0, 0.05) is 40.1 Å². The third-order valence-corrected chi connectivity index (χ3v) is 5.49. The standard InChI is InChI=1S/C24H23ClN4O/c1-15-4-10-20(11-5-15)27-24(30)13-12-21-16(2)26-23-14-22(28-29(23)17(21)3)18-6-8-19(25)9-7-18/h4-11,14H,12-13H2,1-3H3,(H,27,30). The smallest absolute Gasteiger partial charge is 0.224 e. The monoisotopic (exact) mass is 418 g/mol. The van der Waals surface area contributed by atoms with Crippen molar-refractivity contribution >= 4 is 28.8 Å². The molecule has 4 rings (SSSR count). The molecule has 0 bridgehead atoms. The van der Waals surface area contributed by atoms with Gasteiger partial charge in [-0.25, -0.2) is 9.50 Å². The van der Waals surface area contributed by atoms with E-state index < -0.39 is 0 Å². The van der Waals surface area contributed by atoms with Crippen molar-refractivity contribution in [3.05, 3.63) is 82.1 Å². The molecule has 2 heterocycles. The maximum absolute atomic E-state index is 12.4. The van der Waals surface area contributed by atoms with Crippen LogP contribution in [0.5, 0.6) is 0 Å². The van der Waals surface area contributed by atoms with Crippen LogP contribution in [0.3, 0.4) is 0 Å². The van der Waals surface area contributed by atoms with Gasteiger partial charge in [-0.15, -0.1) is 0 Å². The van der Waals surface area contributed by atoms with Crippen molar-refractivity contribution in [2.24, 2.45) is 0 Å². The fourth-order valence-corrected chi connectivity index (χ4v) is 3.68. The van der Waals surface area contributed by atoms with Crippen LogP contribution in [0.15, 0.2) is 54.6 Å². The van der Waals surface area contributed by atoms with Gasteiger partial charge >= 0.3 is 0 Å². The average Bonchev–Trinajstić information content (AvgIpc) is 3.14. The van der Waals surface area contributed by atoms with Gasteiger partial charge in [-0.2, -0.15) is 5.10 Å². The Kier molecular flexibility index (Phi) is 5.55. The predicted octanol–water partition coefficient (Wildman–Crippen LogP) is 5.55. The lowest BCUT2D eigenvalue weighted by atomic mass is 10.1. The van der Waals surface area contributed by atoms with E-state index in [0.717, 1.165) is 45.1 Å². The largest absolute Gasteiger partial charge is 0.326 e. The molecular formula is C24H23ClN4O. The molecule has 0 spiro atoms. The highest BCUT2D eigenvalue weighted by molar-refractivity contribution is 6.30. The third-order valence-electron chi connectivity index (χ3n) is 5.24. The third kappa shape index (κ3) is 4.21. The SMILES string of the molecule is Cc1ccc(NC(=O)CCc2c(C)nc3cc(-c4ccc(Cl)cc4)nn3c2C)cc1. The summed E-state index contributed by atoms with van der Waals surface area (Å²) in [4.78, 5) is 17.1. The first kappa shape index (κ1) is 20.1. The fraction of sp³-hybridized carbons (Fsp3) is 0.208. The molecule has 1 amide bonds. The van der Waals surface area contributed by atoms with Gasteiger partial charge in [-0.1, -0.05) is 41.4 Å². The van der Waals surface area contributed by atoms with Crippen molar-refractivity contribution in [1.29, 1.82) is 0 Å². The summed E-state index contributed by atoms with van der Waals surface area (Å²) in [6, 6.07) is 17.4. The summed E-state index contributed by atoms with van der Waals surface area (Å²) in [6.45, 7) is 6.02. The maximum atomic E-state index is 12.4. The number of amides is 1. The Hall–Kier alpha value is -3.18. The summed E-state index contributed by atoms with van der Waals surface area (Å²) in [5, 5.41) is 8.37.